The lowest BCUT2D eigenvalue weighted by Gasteiger charge is -2.29. The number of methoxy groups -OCH3 is 1. The maximum atomic E-state index is 11.7. The molecule has 4 rings (SSSR count). The molecule has 0 saturated heterocycles. The number of fused-ring (bicyclic) bond motifs is 3. The Balaban J connectivity index is 1.79. The van der Waals surface area contributed by atoms with Gasteiger partial charge in [0.1, 0.15) is 6.04 Å². The van der Waals surface area contributed by atoms with Gasteiger partial charge in [0.2, 0.25) is 0 Å². The van der Waals surface area contributed by atoms with E-state index in [1.807, 2.05) is 47.8 Å². The lowest BCUT2D eigenvalue weighted by atomic mass is 9.90. The van der Waals surface area contributed by atoms with Crippen LogP contribution in [0.2, 0.25) is 0 Å². The summed E-state index contributed by atoms with van der Waals surface area (Å²) in [7, 11) is 1.61. The first kappa shape index (κ1) is 18.4. The number of nitrogens with one attached hydrogen (secondary N) is 1. The van der Waals surface area contributed by atoms with E-state index in [-0.39, 0.29) is 6.04 Å². The molecule has 2 heterocycles. The second kappa shape index (κ2) is 7.56. The van der Waals surface area contributed by atoms with Crippen molar-refractivity contribution >= 4 is 16.9 Å². The number of hydrogen-bond donors (Lipinski definition) is 2. The predicted molar refractivity (Wildman–Crippen MR) is 103 cm³/mol. The smallest absolute Gasteiger partial charge is 0.161 e. The van der Waals surface area contributed by atoms with Gasteiger partial charge in [0.05, 0.1) is 25.4 Å². The Hall–Kier alpha value is -2.99. The number of para-hydroxylation sites is 1. The zero-order valence-electron chi connectivity index (χ0n) is 16.0. The first-order valence-corrected chi connectivity index (χ1v) is 9.58. The number of ether oxygens (including phenoxy) is 2. The van der Waals surface area contributed by atoms with Gasteiger partial charge in [-0.1, -0.05) is 25.1 Å². The molecule has 0 aliphatic carbocycles. The number of aromatic amines is 1. The summed E-state index contributed by atoms with van der Waals surface area (Å²) >= 11 is 0. The highest BCUT2D eigenvalue weighted by Gasteiger charge is 2.35. The van der Waals surface area contributed by atoms with Crippen LogP contribution in [0.3, 0.4) is 0 Å². The van der Waals surface area contributed by atoms with E-state index in [1.165, 1.54) is 0 Å². The topological polar surface area (TPSA) is 91.0 Å². The predicted octanol–water partition coefficient (Wildman–Crippen LogP) is 1.29. The van der Waals surface area contributed by atoms with Gasteiger partial charge in [-0.05, 0) is 36.2 Å². The standard InChI is InChI=1S/C22H24N2O4/c1-3-10-28-18-9-8-13(11-19(18)27-2)20-21-15(12-17(24-20)22(25)26)14-6-4-5-7-16(14)23-21/h4-9,11,17,20,23-24H,3,10,12H2,1-2H3,(H,25,26)/t17-,20-/m0/s1. The van der Waals surface area contributed by atoms with Crippen molar-refractivity contribution in [2.24, 2.45) is 0 Å². The highest BCUT2D eigenvalue weighted by Crippen LogP contribution is 2.35. The van der Waals surface area contributed by atoms with E-state index in [4.69, 9.17) is 9.47 Å². The van der Waals surface area contributed by atoms with Gasteiger partial charge in [-0.2, -0.15) is 0 Å². The first-order valence-electron chi connectivity index (χ1n) is 9.58. The largest absolute Gasteiger partial charge is 0.544 e. The summed E-state index contributed by atoms with van der Waals surface area (Å²) in [5.41, 5.74) is 4.05. The Morgan fingerprint density at radius 2 is 2.07 bits per heavy atom. The monoisotopic (exact) mass is 380 g/mol. The van der Waals surface area contributed by atoms with Gasteiger partial charge in [-0.25, -0.2) is 0 Å². The van der Waals surface area contributed by atoms with E-state index in [0.29, 0.717) is 24.5 Å². The number of carboxylic acid groups (broad SMARTS) is 1. The molecule has 28 heavy (non-hydrogen) atoms. The number of carbonyl (C=O) groups excluding carboxylic acids is 1. The van der Waals surface area contributed by atoms with Crippen molar-refractivity contribution < 1.29 is 24.7 Å². The molecule has 0 saturated carbocycles. The highest BCUT2D eigenvalue weighted by molar-refractivity contribution is 5.86. The molecule has 6 nitrogen and oxygen atoms in total. The molecule has 146 valence electrons. The van der Waals surface area contributed by atoms with Gasteiger partial charge in [-0.3, -0.25) is 0 Å². The normalized spacial score (nSPS) is 18.6. The van der Waals surface area contributed by atoms with Crippen molar-refractivity contribution in [3.05, 3.63) is 59.3 Å². The van der Waals surface area contributed by atoms with Crippen LogP contribution >= 0.6 is 0 Å². The van der Waals surface area contributed by atoms with Crippen LogP contribution in [0.1, 0.15) is 36.2 Å². The van der Waals surface area contributed by atoms with Crippen LogP contribution < -0.4 is 19.9 Å². The molecule has 6 heteroatoms. The molecule has 1 aromatic heterocycles. The van der Waals surface area contributed by atoms with Gasteiger partial charge in [-0.15, -0.1) is 0 Å². The summed E-state index contributed by atoms with van der Waals surface area (Å²) in [6, 6.07) is 13.0. The van der Waals surface area contributed by atoms with E-state index < -0.39 is 12.0 Å². The minimum atomic E-state index is -1.05. The van der Waals surface area contributed by atoms with E-state index in [9.17, 15) is 9.90 Å². The molecule has 3 aromatic rings. The highest BCUT2D eigenvalue weighted by atomic mass is 16.5. The van der Waals surface area contributed by atoms with Crippen LogP contribution in [0, 0.1) is 0 Å². The molecule has 1 aliphatic rings. The molecule has 1 aliphatic heterocycles. The fourth-order valence-corrected chi connectivity index (χ4v) is 3.97. The van der Waals surface area contributed by atoms with Gasteiger partial charge in [0.25, 0.3) is 0 Å². The van der Waals surface area contributed by atoms with Crippen LogP contribution in [-0.2, 0) is 11.2 Å². The van der Waals surface area contributed by atoms with Crippen LogP contribution in [0.15, 0.2) is 42.5 Å². The van der Waals surface area contributed by atoms with Gasteiger partial charge >= 0.3 is 0 Å². The van der Waals surface area contributed by atoms with E-state index in [0.717, 1.165) is 34.1 Å². The zero-order valence-corrected chi connectivity index (χ0v) is 16.0. The summed E-state index contributed by atoms with van der Waals surface area (Å²) < 4.78 is 11.3. The number of carboxylic acids is 1. The van der Waals surface area contributed by atoms with Crippen molar-refractivity contribution in [2.45, 2.75) is 31.8 Å². The minimum Gasteiger partial charge on any atom is -0.544 e. The van der Waals surface area contributed by atoms with E-state index >= 15 is 0 Å². The number of aromatic nitrogens is 1. The number of carbonyl (C=O) groups is 1. The second-order valence-electron chi connectivity index (χ2n) is 7.12. The van der Waals surface area contributed by atoms with Gasteiger partial charge < -0.3 is 29.7 Å². The fourth-order valence-electron chi connectivity index (χ4n) is 3.97. The molecule has 2 atom stereocenters. The molecule has 3 N–H and O–H groups in total. The van der Waals surface area contributed by atoms with Crippen molar-refractivity contribution in [3.63, 3.8) is 0 Å². The Morgan fingerprint density at radius 3 is 2.82 bits per heavy atom. The number of rotatable bonds is 6. The van der Waals surface area contributed by atoms with Crippen molar-refractivity contribution in [3.8, 4) is 11.5 Å². The summed E-state index contributed by atoms with van der Waals surface area (Å²) in [4.78, 5) is 15.2. The Kier molecular flexibility index (Phi) is 4.96. The van der Waals surface area contributed by atoms with E-state index in [1.54, 1.807) is 7.11 Å². The number of nitrogens with two attached hydrogens (primary N) is 1. The third kappa shape index (κ3) is 3.20. The number of hydrogen-bond acceptors (Lipinski definition) is 4. The molecule has 0 unspecified atom stereocenters. The maximum absolute atomic E-state index is 11.7. The lowest BCUT2D eigenvalue weighted by molar-refractivity contribution is -0.717. The Labute approximate surface area is 163 Å². The average molecular weight is 380 g/mol. The zero-order chi connectivity index (χ0) is 19.7. The number of quaternary nitrogens is 1. The summed E-state index contributed by atoms with van der Waals surface area (Å²) in [5.74, 6) is 0.292. The lowest BCUT2D eigenvalue weighted by Crippen LogP contribution is -2.95. The SMILES string of the molecule is CCCOc1ccc([C@@H]2[NH2+][C@H](C(=O)[O-])Cc3c2[nH]c2ccccc32)cc1OC. The Bertz CT molecular complexity index is 1010. The van der Waals surface area contributed by atoms with Crippen LogP contribution in [0.4, 0.5) is 0 Å². The second-order valence-corrected chi connectivity index (χ2v) is 7.12. The Morgan fingerprint density at radius 1 is 1.25 bits per heavy atom. The third-order valence-corrected chi connectivity index (χ3v) is 5.32. The van der Waals surface area contributed by atoms with Crippen molar-refractivity contribution in [1.82, 2.24) is 4.98 Å². The molecule has 0 fully saturated rings. The van der Waals surface area contributed by atoms with Crippen molar-refractivity contribution in [2.75, 3.05) is 13.7 Å². The molecular formula is C22H24N2O4. The maximum Gasteiger partial charge on any atom is 0.161 e. The molecular weight excluding hydrogens is 356 g/mol. The average Bonchev–Trinajstić information content (AvgIpc) is 3.10. The molecule has 2 aromatic carbocycles. The van der Waals surface area contributed by atoms with Crippen molar-refractivity contribution in [1.29, 1.82) is 0 Å². The van der Waals surface area contributed by atoms with Crippen LogP contribution in [-0.4, -0.2) is 30.7 Å². The third-order valence-electron chi connectivity index (χ3n) is 5.32. The fraction of sp³-hybridized carbons (Fsp3) is 0.318. The number of H-pyrrole nitrogens is 1. The number of benzene rings is 2. The van der Waals surface area contributed by atoms with E-state index in [2.05, 4.69) is 11.9 Å². The quantitative estimate of drug-likeness (QED) is 0.674. The summed E-state index contributed by atoms with van der Waals surface area (Å²) in [5, 5.41) is 14.6. The number of aliphatic carboxylic acids is 1. The molecule has 0 bridgehead atoms. The molecule has 0 spiro atoms. The minimum absolute atomic E-state index is 0.187. The van der Waals surface area contributed by atoms with Crippen LogP contribution in [0.5, 0.6) is 11.5 Å². The summed E-state index contributed by atoms with van der Waals surface area (Å²) in [6.45, 7) is 2.67. The molecule has 0 amide bonds. The van der Waals surface area contributed by atoms with Gasteiger partial charge in [0.15, 0.2) is 17.5 Å². The van der Waals surface area contributed by atoms with Crippen LogP contribution in [0.25, 0.3) is 10.9 Å². The van der Waals surface area contributed by atoms with Gasteiger partial charge in [0, 0.05) is 22.9 Å². The molecule has 0 radical (unpaired) electrons. The first-order chi connectivity index (χ1) is 13.6. The summed E-state index contributed by atoms with van der Waals surface area (Å²) in [6.07, 6.45) is 1.35.